The first kappa shape index (κ1) is 22.9. The maximum Gasteiger partial charge on any atom is 0.338 e. The van der Waals surface area contributed by atoms with Gasteiger partial charge in [-0.15, -0.1) is 0 Å². The van der Waals surface area contributed by atoms with Crippen LogP contribution in [0.4, 0.5) is 5.69 Å². The molecule has 0 saturated carbocycles. The zero-order valence-electron chi connectivity index (χ0n) is 17.8. The van der Waals surface area contributed by atoms with Crippen LogP contribution in [0.25, 0.3) is 0 Å². The van der Waals surface area contributed by atoms with Gasteiger partial charge in [0.05, 0.1) is 12.1 Å². The Bertz CT molecular complexity index is 868. The normalized spacial score (nSPS) is 10.8. The van der Waals surface area contributed by atoms with Crippen LogP contribution in [0.5, 0.6) is 5.75 Å². The van der Waals surface area contributed by atoms with Crippen molar-refractivity contribution < 1.29 is 23.9 Å². The molecule has 30 heavy (non-hydrogen) atoms. The lowest BCUT2D eigenvalue weighted by Crippen LogP contribution is -2.32. The number of amides is 2. The molecule has 0 unspecified atom stereocenters. The van der Waals surface area contributed by atoms with E-state index in [9.17, 15) is 14.4 Å². The fraction of sp³-hybridized carbons (Fsp3) is 0.348. The number of hydrogen-bond donors (Lipinski definition) is 2. The van der Waals surface area contributed by atoms with E-state index in [0.29, 0.717) is 24.4 Å². The zero-order valence-corrected chi connectivity index (χ0v) is 17.8. The molecule has 0 aliphatic carbocycles. The molecule has 0 spiro atoms. The highest BCUT2D eigenvalue weighted by atomic mass is 16.5. The van der Waals surface area contributed by atoms with Crippen LogP contribution in [-0.4, -0.2) is 37.5 Å². The minimum atomic E-state index is -0.616. The minimum absolute atomic E-state index is 0.0808. The summed E-state index contributed by atoms with van der Waals surface area (Å²) in [5, 5.41) is 5.24. The van der Waals surface area contributed by atoms with Gasteiger partial charge in [-0.2, -0.15) is 0 Å². The van der Waals surface area contributed by atoms with Crippen LogP contribution < -0.4 is 15.4 Å². The summed E-state index contributed by atoms with van der Waals surface area (Å²) in [7, 11) is 0. The third-order valence-electron chi connectivity index (χ3n) is 4.19. The van der Waals surface area contributed by atoms with Crippen LogP contribution >= 0.6 is 0 Å². The van der Waals surface area contributed by atoms with Crippen molar-refractivity contribution in [2.24, 2.45) is 0 Å². The van der Waals surface area contributed by atoms with Gasteiger partial charge in [-0.05, 0) is 47.4 Å². The van der Waals surface area contributed by atoms with Crippen molar-refractivity contribution in [1.29, 1.82) is 0 Å². The largest absolute Gasteiger partial charge is 0.492 e. The molecule has 0 heterocycles. The summed E-state index contributed by atoms with van der Waals surface area (Å²) in [5.41, 5.74) is 2.16. The first-order chi connectivity index (χ1) is 14.1. The van der Waals surface area contributed by atoms with Gasteiger partial charge in [0.2, 0.25) is 5.91 Å². The molecule has 2 amide bonds. The highest BCUT2D eigenvalue weighted by Crippen LogP contribution is 2.24. The number of ether oxygens (including phenoxy) is 2. The second kappa shape index (κ2) is 10.4. The number of benzene rings is 2. The number of esters is 1. The summed E-state index contributed by atoms with van der Waals surface area (Å²) in [6.07, 6.45) is 0. The van der Waals surface area contributed by atoms with E-state index >= 15 is 0 Å². The van der Waals surface area contributed by atoms with Gasteiger partial charge in [0.25, 0.3) is 5.91 Å². The summed E-state index contributed by atoms with van der Waals surface area (Å²) in [5.74, 6) is -0.501. The van der Waals surface area contributed by atoms with Gasteiger partial charge in [-0.3, -0.25) is 9.59 Å². The molecule has 0 aliphatic rings. The van der Waals surface area contributed by atoms with Gasteiger partial charge < -0.3 is 20.1 Å². The first-order valence-corrected chi connectivity index (χ1v) is 9.70. The van der Waals surface area contributed by atoms with Gasteiger partial charge in [0.1, 0.15) is 12.4 Å². The molecule has 0 bridgehead atoms. The average Bonchev–Trinajstić information content (AvgIpc) is 2.69. The summed E-state index contributed by atoms with van der Waals surface area (Å²) in [6, 6.07) is 14.1. The molecule has 0 radical (unpaired) electrons. The second-order valence-electron chi connectivity index (χ2n) is 7.81. The highest BCUT2D eigenvalue weighted by molar-refractivity contribution is 5.93. The number of hydrogen-bond acceptors (Lipinski definition) is 5. The third-order valence-corrected chi connectivity index (χ3v) is 4.19. The Hall–Kier alpha value is -3.35. The number of anilines is 1. The van der Waals surface area contributed by atoms with Crippen LogP contribution in [0.15, 0.2) is 48.5 Å². The number of carbonyl (C=O) groups is 3. The molecule has 2 rings (SSSR count). The van der Waals surface area contributed by atoms with E-state index < -0.39 is 11.9 Å². The van der Waals surface area contributed by atoms with Gasteiger partial charge in [-0.1, -0.05) is 32.9 Å². The lowest BCUT2D eigenvalue weighted by atomic mass is 9.87. The second-order valence-corrected chi connectivity index (χ2v) is 7.81. The van der Waals surface area contributed by atoms with E-state index in [2.05, 4.69) is 31.4 Å². The van der Waals surface area contributed by atoms with Crippen LogP contribution in [0, 0.1) is 0 Å². The number of rotatable bonds is 8. The van der Waals surface area contributed by atoms with Crippen molar-refractivity contribution >= 4 is 23.5 Å². The van der Waals surface area contributed by atoms with Crippen molar-refractivity contribution in [3.8, 4) is 5.75 Å². The van der Waals surface area contributed by atoms with Crippen molar-refractivity contribution in [2.45, 2.75) is 33.1 Å². The number of carbonyl (C=O) groups excluding carboxylic acids is 3. The predicted molar refractivity (Wildman–Crippen MR) is 115 cm³/mol. The van der Waals surface area contributed by atoms with Crippen molar-refractivity contribution in [3.63, 3.8) is 0 Å². The van der Waals surface area contributed by atoms with E-state index in [1.165, 1.54) is 24.6 Å². The molecular weight excluding hydrogens is 384 g/mol. The molecular formula is C23H28N2O5. The zero-order chi connectivity index (χ0) is 22.1. The monoisotopic (exact) mass is 412 g/mol. The molecule has 2 aromatic rings. The van der Waals surface area contributed by atoms with E-state index in [1.54, 1.807) is 12.1 Å². The van der Waals surface area contributed by atoms with E-state index in [-0.39, 0.29) is 17.9 Å². The van der Waals surface area contributed by atoms with Crippen LogP contribution in [0.2, 0.25) is 0 Å². The lowest BCUT2D eigenvalue weighted by molar-refractivity contribution is -0.124. The third kappa shape index (κ3) is 7.58. The Morgan fingerprint density at radius 2 is 1.57 bits per heavy atom. The van der Waals surface area contributed by atoms with E-state index in [4.69, 9.17) is 9.47 Å². The number of nitrogens with one attached hydrogen (secondary N) is 2. The highest BCUT2D eigenvalue weighted by Gasteiger charge is 2.13. The Balaban J connectivity index is 1.67. The quantitative estimate of drug-likeness (QED) is 0.513. The summed E-state index contributed by atoms with van der Waals surface area (Å²) >= 11 is 0. The Labute approximate surface area is 176 Å². The maximum atomic E-state index is 12.0. The molecule has 0 atom stereocenters. The van der Waals surface area contributed by atoms with Crippen molar-refractivity contribution in [2.75, 3.05) is 25.1 Å². The molecule has 7 nitrogen and oxygen atoms in total. The molecule has 0 saturated heterocycles. The molecule has 7 heteroatoms. The van der Waals surface area contributed by atoms with Gasteiger partial charge in [-0.25, -0.2) is 4.79 Å². The molecule has 2 aromatic carbocycles. The Kier molecular flexibility index (Phi) is 7.98. The molecule has 160 valence electrons. The lowest BCUT2D eigenvalue weighted by Gasteiger charge is -2.19. The van der Waals surface area contributed by atoms with E-state index in [1.807, 2.05) is 24.3 Å². The molecule has 0 aliphatic heterocycles. The first-order valence-electron chi connectivity index (χ1n) is 9.70. The molecule has 0 fully saturated rings. The van der Waals surface area contributed by atoms with Crippen molar-refractivity contribution in [1.82, 2.24) is 5.32 Å². The average molecular weight is 412 g/mol. The smallest absolute Gasteiger partial charge is 0.338 e. The minimum Gasteiger partial charge on any atom is -0.492 e. The van der Waals surface area contributed by atoms with Crippen LogP contribution in [0.1, 0.15) is 43.6 Å². The fourth-order valence-corrected chi connectivity index (χ4v) is 2.57. The standard InChI is InChI=1S/C23H28N2O5/c1-16(26)25-19-9-5-17(6-10-19)22(28)30-15-21(27)24-13-14-29-20-11-7-18(8-12-20)23(2,3)4/h5-12H,13-15H2,1-4H3,(H,24,27)(H,25,26). The van der Waals surface area contributed by atoms with E-state index in [0.717, 1.165) is 5.75 Å². The predicted octanol–water partition coefficient (Wildman–Crippen LogP) is 3.29. The fourth-order valence-electron chi connectivity index (χ4n) is 2.57. The van der Waals surface area contributed by atoms with Crippen LogP contribution in [0.3, 0.4) is 0 Å². The van der Waals surface area contributed by atoms with Gasteiger partial charge in [0, 0.05) is 12.6 Å². The Morgan fingerprint density at radius 3 is 2.13 bits per heavy atom. The Morgan fingerprint density at radius 1 is 0.933 bits per heavy atom. The molecule has 0 aromatic heterocycles. The SMILES string of the molecule is CC(=O)Nc1ccc(C(=O)OCC(=O)NCCOc2ccc(C(C)(C)C)cc2)cc1. The molecule has 2 N–H and O–H groups in total. The van der Waals surface area contributed by atoms with Gasteiger partial charge >= 0.3 is 5.97 Å². The summed E-state index contributed by atoms with van der Waals surface area (Å²) < 4.78 is 10.6. The van der Waals surface area contributed by atoms with Crippen LogP contribution in [-0.2, 0) is 19.7 Å². The van der Waals surface area contributed by atoms with Crippen molar-refractivity contribution in [3.05, 3.63) is 59.7 Å². The topological polar surface area (TPSA) is 93.7 Å². The summed E-state index contributed by atoms with van der Waals surface area (Å²) in [6.45, 7) is 8.05. The van der Waals surface area contributed by atoms with Gasteiger partial charge in [0.15, 0.2) is 6.61 Å². The summed E-state index contributed by atoms with van der Waals surface area (Å²) in [4.78, 5) is 34.8. The maximum absolute atomic E-state index is 12.0.